The Morgan fingerprint density at radius 1 is 1.64 bits per heavy atom. The van der Waals surface area contributed by atoms with Crippen LogP contribution in [0.15, 0.2) is 25.0 Å². The second kappa shape index (κ2) is 6.86. The molecule has 0 aliphatic heterocycles. The Hall–Kier alpha value is -1.25. The molecule has 0 aliphatic carbocycles. The predicted molar refractivity (Wildman–Crippen MR) is 41.9 cm³/mol. The number of rotatable bonds is 5. The average molecular weight is 156 g/mol. The van der Waals surface area contributed by atoms with Gasteiger partial charge in [-0.1, -0.05) is 12.7 Å². The highest BCUT2D eigenvalue weighted by atomic mass is 16.5. The maximum absolute atomic E-state index is 10.6. The van der Waals surface area contributed by atoms with Gasteiger partial charge in [0.25, 0.3) is 0 Å². The van der Waals surface area contributed by atoms with Crippen LogP contribution in [0.1, 0.15) is 6.92 Å². The van der Waals surface area contributed by atoms with E-state index in [4.69, 9.17) is 4.74 Å². The summed E-state index contributed by atoms with van der Waals surface area (Å²) in [6.07, 6.45) is 4.05. The Balaban J connectivity index is 3.42. The Bertz CT molecular complexity index is 149. The minimum atomic E-state index is -0.418. The van der Waals surface area contributed by atoms with Crippen LogP contribution in [0.3, 0.4) is 0 Å². The minimum Gasteiger partial charge on any atom is -0.501 e. The molecule has 0 aromatic rings. The van der Waals surface area contributed by atoms with Crippen molar-refractivity contribution in [2.75, 3.05) is 13.2 Å². The van der Waals surface area contributed by atoms with Gasteiger partial charge in [0.1, 0.15) is 6.61 Å². The van der Waals surface area contributed by atoms with Crippen LogP contribution < -0.4 is 0 Å². The molecule has 0 heterocycles. The smallest absolute Gasteiger partial charge is 0.334 e. The lowest BCUT2D eigenvalue weighted by molar-refractivity contribution is -0.136. The number of ether oxygens (including phenoxy) is 2. The zero-order chi connectivity index (χ0) is 8.53. The third-order valence-corrected chi connectivity index (χ3v) is 0.810. The Morgan fingerprint density at radius 2 is 2.36 bits per heavy atom. The highest BCUT2D eigenvalue weighted by molar-refractivity contribution is 5.81. The van der Waals surface area contributed by atoms with Gasteiger partial charge < -0.3 is 9.47 Å². The maximum atomic E-state index is 10.6. The van der Waals surface area contributed by atoms with Gasteiger partial charge in [-0.2, -0.15) is 0 Å². The van der Waals surface area contributed by atoms with E-state index >= 15 is 0 Å². The van der Waals surface area contributed by atoms with E-state index in [0.717, 1.165) is 0 Å². The van der Waals surface area contributed by atoms with Gasteiger partial charge in [0, 0.05) is 0 Å². The summed E-state index contributed by atoms with van der Waals surface area (Å²) in [5.74, 6) is -0.418. The molecule has 3 nitrogen and oxygen atoms in total. The van der Waals surface area contributed by atoms with Crippen molar-refractivity contribution in [2.24, 2.45) is 0 Å². The van der Waals surface area contributed by atoms with Gasteiger partial charge in [0.15, 0.2) is 0 Å². The summed E-state index contributed by atoms with van der Waals surface area (Å²) in [5.41, 5.74) is 0. The summed E-state index contributed by atoms with van der Waals surface area (Å²) in [6, 6.07) is 0. The zero-order valence-electron chi connectivity index (χ0n) is 6.58. The van der Waals surface area contributed by atoms with Crippen LogP contribution in [0.25, 0.3) is 0 Å². The van der Waals surface area contributed by atoms with Gasteiger partial charge in [-0.25, -0.2) is 4.79 Å². The molecular weight excluding hydrogens is 144 g/mol. The largest absolute Gasteiger partial charge is 0.501 e. The van der Waals surface area contributed by atoms with Crippen LogP contribution in [-0.2, 0) is 14.3 Å². The number of carbonyl (C=O) groups excluding carboxylic acids is 1. The molecule has 0 spiro atoms. The molecule has 3 heteroatoms. The van der Waals surface area contributed by atoms with E-state index in [9.17, 15) is 4.79 Å². The molecule has 11 heavy (non-hydrogen) atoms. The second-order valence-corrected chi connectivity index (χ2v) is 1.68. The molecule has 0 saturated carbocycles. The van der Waals surface area contributed by atoms with Crippen LogP contribution in [0.4, 0.5) is 0 Å². The summed E-state index contributed by atoms with van der Waals surface area (Å²) < 4.78 is 9.39. The molecule has 0 fully saturated rings. The quantitative estimate of drug-likeness (QED) is 0.260. The van der Waals surface area contributed by atoms with Crippen molar-refractivity contribution < 1.29 is 14.3 Å². The SMILES string of the molecule is C=CCOC(=O)/C=C/OCC. The van der Waals surface area contributed by atoms with Gasteiger partial charge >= 0.3 is 5.97 Å². The Kier molecular flexibility index (Phi) is 6.08. The molecular formula is C8H12O3. The molecule has 0 aromatic carbocycles. The van der Waals surface area contributed by atoms with Crippen molar-refractivity contribution in [2.45, 2.75) is 6.92 Å². The topological polar surface area (TPSA) is 35.5 Å². The van der Waals surface area contributed by atoms with Crippen molar-refractivity contribution in [1.82, 2.24) is 0 Å². The van der Waals surface area contributed by atoms with Gasteiger partial charge in [0.2, 0.25) is 0 Å². The van der Waals surface area contributed by atoms with Gasteiger partial charge in [-0.3, -0.25) is 0 Å². The molecule has 0 radical (unpaired) electrons. The third-order valence-electron chi connectivity index (χ3n) is 0.810. The normalized spacial score (nSPS) is 9.55. The van der Waals surface area contributed by atoms with Crippen LogP contribution in [-0.4, -0.2) is 19.2 Å². The lowest BCUT2D eigenvalue weighted by Gasteiger charge is -1.95. The van der Waals surface area contributed by atoms with Crippen LogP contribution in [0.2, 0.25) is 0 Å². The molecule has 0 N–H and O–H groups in total. The van der Waals surface area contributed by atoms with E-state index in [0.29, 0.717) is 6.61 Å². The van der Waals surface area contributed by atoms with Crippen molar-refractivity contribution in [3.8, 4) is 0 Å². The van der Waals surface area contributed by atoms with Crippen molar-refractivity contribution in [3.05, 3.63) is 25.0 Å². The number of esters is 1. The lowest BCUT2D eigenvalue weighted by atomic mass is 10.6. The summed E-state index contributed by atoms with van der Waals surface area (Å²) >= 11 is 0. The first-order valence-corrected chi connectivity index (χ1v) is 3.37. The van der Waals surface area contributed by atoms with Crippen LogP contribution in [0, 0.1) is 0 Å². The first kappa shape index (κ1) is 9.75. The predicted octanol–water partition coefficient (Wildman–Crippen LogP) is 1.27. The molecule has 0 aliphatic rings. The van der Waals surface area contributed by atoms with E-state index < -0.39 is 5.97 Å². The highest BCUT2D eigenvalue weighted by Crippen LogP contribution is 1.83. The number of hydrogen-bond acceptors (Lipinski definition) is 3. The molecule has 0 saturated heterocycles. The Morgan fingerprint density at radius 3 is 2.91 bits per heavy atom. The average Bonchev–Trinajstić information content (AvgIpc) is 2.01. The molecule has 0 aromatic heterocycles. The summed E-state index contributed by atoms with van der Waals surface area (Å²) in [4.78, 5) is 10.6. The lowest BCUT2D eigenvalue weighted by Crippen LogP contribution is -1.99. The zero-order valence-corrected chi connectivity index (χ0v) is 6.58. The first-order valence-electron chi connectivity index (χ1n) is 3.37. The second-order valence-electron chi connectivity index (χ2n) is 1.68. The van der Waals surface area contributed by atoms with Gasteiger partial charge in [-0.15, -0.1) is 0 Å². The molecule has 0 atom stereocenters. The molecule has 0 amide bonds. The van der Waals surface area contributed by atoms with E-state index in [2.05, 4.69) is 11.3 Å². The summed E-state index contributed by atoms with van der Waals surface area (Å²) in [6.45, 7) is 6.01. The fourth-order valence-corrected chi connectivity index (χ4v) is 0.389. The molecule has 0 unspecified atom stereocenters. The Labute approximate surface area is 66.3 Å². The van der Waals surface area contributed by atoms with Crippen molar-refractivity contribution in [1.29, 1.82) is 0 Å². The highest BCUT2D eigenvalue weighted by Gasteiger charge is 1.91. The third kappa shape index (κ3) is 6.64. The number of hydrogen-bond donors (Lipinski definition) is 0. The van der Waals surface area contributed by atoms with Crippen molar-refractivity contribution in [3.63, 3.8) is 0 Å². The standard InChI is InChI=1S/C8H12O3/c1-3-6-11-8(9)5-7-10-4-2/h3,5,7H,1,4,6H2,2H3/b7-5+. The van der Waals surface area contributed by atoms with Crippen LogP contribution in [0.5, 0.6) is 0 Å². The number of carbonyl (C=O) groups is 1. The van der Waals surface area contributed by atoms with E-state index in [1.807, 2.05) is 6.92 Å². The minimum absolute atomic E-state index is 0.231. The summed E-state index contributed by atoms with van der Waals surface area (Å²) in [7, 11) is 0. The van der Waals surface area contributed by atoms with Crippen molar-refractivity contribution >= 4 is 5.97 Å². The van der Waals surface area contributed by atoms with Gasteiger partial charge in [0.05, 0.1) is 18.9 Å². The fraction of sp³-hybridized carbons (Fsp3) is 0.375. The molecule has 62 valence electrons. The monoisotopic (exact) mass is 156 g/mol. The van der Waals surface area contributed by atoms with E-state index in [1.165, 1.54) is 18.4 Å². The maximum Gasteiger partial charge on any atom is 0.334 e. The van der Waals surface area contributed by atoms with E-state index in [1.54, 1.807) is 0 Å². The fourth-order valence-electron chi connectivity index (χ4n) is 0.389. The van der Waals surface area contributed by atoms with Gasteiger partial charge in [-0.05, 0) is 6.92 Å². The van der Waals surface area contributed by atoms with Crippen LogP contribution >= 0.6 is 0 Å². The molecule has 0 rings (SSSR count). The first-order chi connectivity index (χ1) is 5.31. The summed E-state index contributed by atoms with van der Waals surface area (Å²) in [5, 5.41) is 0. The van der Waals surface area contributed by atoms with E-state index in [-0.39, 0.29) is 6.61 Å². The molecule has 0 bridgehead atoms.